The topological polar surface area (TPSA) is 41.6 Å². The van der Waals surface area contributed by atoms with E-state index in [0.717, 1.165) is 44.8 Å². The lowest BCUT2D eigenvalue weighted by atomic mass is 10.1. The van der Waals surface area contributed by atoms with Gasteiger partial charge in [0.15, 0.2) is 0 Å². The zero-order chi connectivity index (χ0) is 14.9. The molecular weight excluding hydrogens is 271 g/mol. The van der Waals surface area contributed by atoms with Crippen molar-refractivity contribution in [3.05, 3.63) is 35.6 Å². The van der Waals surface area contributed by atoms with Crippen molar-refractivity contribution < 1.29 is 13.9 Å². The standard InChI is InChI=1S/C16H23FN2O2/c17-15-4-1-3-14(13-15)5-6-16(20)18-7-2-8-19-9-11-21-12-10-19/h1,3-4,13H,2,5-12H2,(H,18,20). The van der Waals surface area contributed by atoms with Crippen LogP contribution < -0.4 is 5.32 Å². The van der Waals surface area contributed by atoms with Crippen LogP contribution in [0.5, 0.6) is 0 Å². The Morgan fingerprint density at radius 2 is 2.14 bits per heavy atom. The van der Waals surface area contributed by atoms with Crippen molar-refractivity contribution in [1.29, 1.82) is 0 Å². The molecule has 0 atom stereocenters. The van der Waals surface area contributed by atoms with Gasteiger partial charge in [0.2, 0.25) is 5.91 Å². The summed E-state index contributed by atoms with van der Waals surface area (Å²) in [5.74, 6) is -0.223. The predicted octanol–water partition coefficient (Wildman–Crippen LogP) is 1.60. The van der Waals surface area contributed by atoms with Gasteiger partial charge in [0.25, 0.3) is 0 Å². The van der Waals surface area contributed by atoms with Crippen LogP contribution in [0.1, 0.15) is 18.4 Å². The average Bonchev–Trinajstić information content (AvgIpc) is 2.51. The van der Waals surface area contributed by atoms with E-state index in [1.165, 1.54) is 12.1 Å². The summed E-state index contributed by atoms with van der Waals surface area (Å²) >= 11 is 0. The van der Waals surface area contributed by atoms with Crippen LogP contribution in [0.25, 0.3) is 0 Å². The molecule has 4 nitrogen and oxygen atoms in total. The van der Waals surface area contributed by atoms with Crippen molar-refractivity contribution in [1.82, 2.24) is 10.2 Å². The fraction of sp³-hybridized carbons (Fsp3) is 0.562. The van der Waals surface area contributed by atoms with E-state index in [0.29, 0.717) is 19.4 Å². The van der Waals surface area contributed by atoms with Gasteiger partial charge in [0.1, 0.15) is 5.82 Å². The van der Waals surface area contributed by atoms with Crippen LogP contribution in [0.3, 0.4) is 0 Å². The van der Waals surface area contributed by atoms with Gasteiger partial charge in [-0.3, -0.25) is 9.69 Å². The molecule has 2 rings (SSSR count). The fourth-order valence-electron chi connectivity index (χ4n) is 2.39. The highest BCUT2D eigenvalue weighted by molar-refractivity contribution is 5.76. The van der Waals surface area contributed by atoms with Gasteiger partial charge >= 0.3 is 0 Å². The molecule has 21 heavy (non-hydrogen) atoms. The Bertz CT molecular complexity index is 448. The van der Waals surface area contributed by atoms with Gasteiger partial charge in [0.05, 0.1) is 13.2 Å². The first-order chi connectivity index (χ1) is 10.2. The first-order valence-corrected chi connectivity index (χ1v) is 7.55. The third kappa shape index (κ3) is 6.23. The Morgan fingerprint density at radius 3 is 2.90 bits per heavy atom. The molecule has 1 aliphatic heterocycles. The number of aryl methyl sites for hydroxylation is 1. The van der Waals surface area contributed by atoms with Gasteiger partial charge in [-0.2, -0.15) is 0 Å². The Morgan fingerprint density at radius 1 is 1.33 bits per heavy atom. The van der Waals surface area contributed by atoms with E-state index in [-0.39, 0.29) is 11.7 Å². The molecule has 1 aromatic carbocycles. The monoisotopic (exact) mass is 294 g/mol. The number of carbonyl (C=O) groups excluding carboxylic acids is 1. The van der Waals surface area contributed by atoms with Crippen LogP contribution in [0.2, 0.25) is 0 Å². The van der Waals surface area contributed by atoms with E-state index in [1.54, 1.807) is 6.07 Å². The van der Waals surface area contributed by atoms with Gasteiger partial charge in [-0.15, -0.1) is 0 Å². The second-order valence-corrected chi connectivity index (χ2v) is 5.29. The smallest absolute Gasteiger partial charge is 0.220 e. The SMILES string of the molecule is O=C(CCc1cccc(F)c1)NCCCN1CCOCC1. The van der Waals surface area contributed by atoms with Crippen molar-refractivity contribution in [2.45, 2.75) is 19.3 Å². The molecule has 0 saturated carbocycles. The van der Waals surface area contributed by atoms with Crippen molar-refractivity contribution in [2.75, 3.05) is 39.4 Å². The Labute approximate surface area is 125 Å². The van der Waals surface area contributed by atoms with Gasteiger partial charge in [-0.05, 0) is 37.1 Å². The molecule has 116 valence electrons. The highest BCUT2D eigenvalue weighted by atomic mass is 19.1. The Balaban J connectivity index is 1.55. The zero-order valence-corrected chi connectivity index (χ0v) is 12.3. The second kappa shape index (κ2) is 8.74. The van der Waals surface area contributed by atoms with Crippen LogP contribution in [0.15, 0.2) is 24.3 Å². The quantitative estimate of drug-likeness (QED) is 0.777. The molecule has 1 fully saturated rings. The largest absolute Gasteiger partial charge is 0.379 e. The molecule has 5 heteroatoms. The van der Waals surface area contributed by atoms with E-state index in [4.69, 9.17) is 4.74 Å². The number of hydrogen-bond acceptors (Lipinski definition) is 3. The van der Waals surface area contributed by atoms with Gasteiger partial charge in [-0.1, -0.05) is 12.1 Å². The lowest BCUT2D eigenvalue weighted by molar-refractivity contribution is -0.121. The summed E-state index contributed by atoms with van der Waals surface area (Å²) in [6.07, 6.45) is 1.93. The number of ether oxygens (including phenoxy) is 1. The average molecular weight is 294 g/mol. The highest BCUT2D eigenvalue weighted by Gasteiger charge is 2.09. The molecule has 0 bridgehead atoms. The molecule has 0 radical (unpaired) electrons. The zero-order valence-electron chi connectivity index (χ0n) is 12.3. The van der Waals surface area contributed by atoms with Gasteiger partial charge in [-0.25, -0.2) is 4.39 Å². The molecule has 1 N–H and O–H groups in total. The van der Waals surface area contributed by atoms with Crippen LogP contribution in [0.4, 0.5) is 4.39 Å². The third-order valence-corrected chi connectivity index (χ3v) is 3.61. The minimum atomic E-state index is -0.251. The number of amides is 1. The summed E-state index contributed by atoms with van der Waals surface area (Å²) in [7, 11) is 0. The van der Waals surface area contributed by atoms with E-state index >= 15 is 0 Å². The highest BCUT2D eigenvalue weighted by Crippen LogP contribution is 2.06. The third-order valence-electron chi connectivity index (χ3n) is 3.61. The van der Waals surface area contributed by atoms with Gasteiger partial charge in [0, 0.05) is 26.1 Å². The molecular formula is C16H23FN2O2. The molecule has 1 amide bonds. The summed E-state index contributed by atoms with van der Waals surface area (Å²) in [6.45, 7) is 5.26. The summed E-state index contributed by atoms with van der Waals surface area (Å²) in [5.41, 5.74) is 0.860. The molecule has 1 heterocycles. The minimum Gasteiger partial charge on any atom is -0.379 e. The van der Waals surface area contributed by atoms with Crippen LogP contribution >= 0.6 is 0 Å². The number of carbonyl (C=O) groups is 1. The summed E-state index contributed by atoms with van der Waals surface area (Å²) in [6, 6.07) is 6.40. The maximum absolute atomic E-state index is 13.0. The molecule has 1 saturated heterocycles. The van der Waals surface area contributed by atoms with Crippen LogP contribution in [-0.4, -0.2) is 50.2 Å². The number of nitrogens with zero attached hydrogens (tertiary/aromatic N) is 1. The molecule has 1 aromatic rings. The van der Waals surface area contributed by atoms with E-state index < -0.39 is 0 Å². The maximum atomic E-state index is 13.0. The van der Waals surface area contributed by atoms with E-state index in [1.807, 2.05) is 6.07 Å². The summed E-state index contributed by atoms with van der Waals surface area (Å²) < 4.78 is 18.3. The molecule has 0 unspecified atom stereocenters. The van der Waals surface area contributed by atoms with Crippen molar-refractivity contribution in [2.24, 2.45) is 0 Å². The number of morpholine rings is 1. The summed E-state index contributed by atoms with van der Waals surface area (Å²) in [4.78, 5) is 14.1. The Kier molecular flexibility index (Phi) is 6.63. The van der Waals surface area contributed by atoms with Crippen molar-refractivity contribution in [3.63, 3.8) is 0 Å². The number of nitrogens with one attached hydrogen (secondary N) is 1. The van der Waals surface area contributed by atoms with Gasteiger partial charge < -0.3 is 10.1 Å². The number of hydrogen-bond donors (Lipinski definition) is 1. The van der Waals surface area contributed by atoms with Crippen molar-refractivity contribution in [3.8, 4) is 0 Å². The number of rotatable bonds is 7. The van der Waals surface area contributed by atoms with E-state index in [9.17, 15) is 9.18 Å². The van der Waals surface area contributed by atoms with Crippen molar-refractivity contribution >= 4 is 5.91 Å². The lowest BCUT2D eigenvalue weighted by Crippen LogP contribution is -2.38. The first kappa shape index (κ1) is 15.9. The molecule has 0 aromatic heterocycles. The predicted molar refractivity (Wildman–Crippen MR) is 79.6 cm³/mol. The lowest BCUT2D eigenvalue weighted by Gasteiger charge is -2.26. The normalized spacial score (nSPS) is 15.9. The minimum absolute atomic E-state index is 0.0289. The number of benzene rings is 1. The van der Waals surface area contributed by atoms with E-state index in [2.05, 4.69) is 10.2 Å². The van der Waals surface area contributed by atoms with Crippen LogP contribution in [-0.2, 0) is 16.0 Å². The molecule has 0 spiro atoms. The second-order valence-electron chi connectivity index (χ2n) is 5.29. The molecule has 1 aliphatic rings. The van der Waals surface area contributed by atoms with Crippen LogP contribution in [0, 0.1) is 5.82 Å². The number of halogens is 1. The maximum Gasteiger partial charge on any atom is 0.220 e. The summed E-state index contributed by atoms with van der Waals surface area (Å²) in [5, 5.41) is 2.92. The first-order valence-electron chi connectivity index (χ1n) is 7.55. The fourth-order valence-corrected chi connectivity index (χ4v) is 2.39. The Hall–Kier alpha value is -1.46. The molecule has 0 aliphatic carbocycles.